The molecule has 0 saturated carbocycles. The molecule has 1 saturated heterocycles. The SMILES string of the molecule is O=C(O)C(Cc1ccncc1)N1CC(CO)CC1=O. The van der Waals surface area contributed by atoms with Crippen LogP contribution in [0, 0.1) is 5.92 Å². The minimum Gasteiger partial charge on any atom is -0.480 e. The summed E-state index contributed by atoms with van der Waals surface area (Å²) < 4.78 is 0. The maximum Gasteiger partial charge on any atom is 0.326 e. The number of hydrogen-bond acceptors (Lipinski definition) is 4. The minimum atomic E-state index is -1.02. The van der Waals surface area contributed by atoms with Gasteiger partial charge in [0.25, 0.3) is 0 Å². The van der Waals surface area contributed by atoms with Crippen LogP contribution in [0.5, 0.6) is 0 Å². The summed E-state index contributed by atoms with van der Waals surface area (Å²) >= 11 is 0. The lowest BCUT2D eigenvalue weighted by Gasteiger charge is -2.24. The van der Waals surface area contributed by atoms with E-state index in [1.807, 2.05) is 0 Å². The van der Waals surface area contributed by atoms with Gasteiger partial charge in [0.1, 0.15) is 6.04 Å². The van der Waals surface area contributed by atoms with E-state index in [2.05, 4.69) is 4.98 Å². The topological polar surface area (TPSA) is 90.7 Å². The van der Waals surface area contributed by atoms with Gasteiger partial charge in [-0.1, -0.05) is 0 Å². The number of amides is 1. The average Bonchev–Trinajstić information content (AvgIpc) is 2.78. The van der Waals surface area contributed by atoms with Gasteiger partial charge in [-0.3, -0.25) is 9.78 Å². The van der Waals surface area contributed by atoms with E-state index in [0.29, 0.717) is 6.54 Å². The molecule has 19 heavy (non-hydrogen) atoms. The fourth-order valence-corrected chi connectivity index (χ4v) is 2.31. The molecule has 1 aromatic heterocycles. The summed E-state index contributed by atoms with van der Waals surface area (Å²) in [6.45, 7) is 0.210. The van der Waals surface area contributed by atoms with Crippen LogP contribution in [0.2, 0.25) is 0 Å². The number of nitrogens with zero attached hydrogens (tertiary/aromatic N) is 2. The molecule has 1 amide bonds. The summed E-state index contributed by atoms with van der Waals surface area (Å²) in [5, 5.41) is 18.4. The Hall–Kier alpha value is -1.95. The van der Waals surface area contributed by atoms with Crippen LogP contribution < -0.4 is 0 Å². The third kappa shape index (κ3) is 3.08. The van der Waals surface area contributed by atoms with Gasteiger partial charge in [-0.2, -0.15) is 0 Å². The molecule has 0 radical (unpaired) electrons. The zero-order valence-corrected chi connectivity index (χ0v) is 10.4. The van der Waals surface area contributed by atoms with Crippen LogP contribution in [0.3, 0.4) is 0 Å². The molecule has 1 fully saturated rings. The first-order chi connectivity index (χ1) is 9.11. The first-order valence-corrected chi connectivity index (χ1v) is 6.14. The minimum absolute atomic E-state index is 0.0934. The third-order valence-electron chi connectivity index (χ3n) is 3.34. The van der Waals surface area contributed by atoms with E-state index in [-0.39, 0.29) is 31.3 Å². The van der Waals surface area contributed by atoms with Gasteiger partial charge in [0.2, 0.25) is 5.91 Å². The molecule has 2 N–H and O–H groups in total. The van der Waals surface area contributed by atoms with Crippen LogP contribution in [0.25, 0.3) is 0 Å². The van der Waals surface area contributed by atoms with E-state index in [9.17, 15) is 14.7 Å². The Morgan fingerprint density at radius 3 is 2.68 bits per heavy atom. The lowest BCUT2D eigenvalue weighted by atomic mass is 10.1. The summed E-state index contributed by atoms with van der Waals surface area (Å²) in [7, 11) is 0. The fraction of sp³-hybridized carbons (Fsp3) is 0.462. The van der Waals surface area contributed by atoms with Crippen molar-refractivity contribution in [2.45, 2.75) is 18.9 Å². The van der Waals surface area contributed by atoms with Crippen molar-refractivity contribution in [3.63, 3.8) is 0 Å². The van der Waals surface area contributed by atoms with Gasteiger partial charge < -0.3 is 15.1 Å². The molecule has 6 nitrogen and oxygen atoms in total. The van der Waals surface area contributed by atoms with Gasteiger partial charge in [-0.05, 0) is 17.7 Å². The second-order valence-corrected chi connectivity index (χ2v) is 4.71. The summed E-state index contributed by atoms with van der Waals surface area (Å²) in [6.07, 6.45) is 3.66. The Morgan fingerprint density at radius 2 is 2.16 bits per heavy atom. The van der Waals surface area contributed by atoms with Crippen molar-refractivity contribution in [1.82, 2.24) is 9.88 Å². The number of aromatic nitrogens is 1. The first-order valence-electron chi connectivity index (χ1n) is 6.14. The van der Waals surface area contributed by atoms with E-state index in [4.69, 9.17) is 5.11 Å². The number of aliphatic hydroxyl groups is 1. The van der Waals surface area contributed by atoms with Crippen LogP contribution in [-0.2, 0) is 16.0 Å². The van der Waals surface area contributed by atoms with E-state index >= 15 is 0 Å². The normalized spacial score (nSPS) is 20.6. The molecule has 2 atom stereocenters. The van der Waals surface area contributed by atoms with E-state index in [0.717, 1.165) is 5.56 Å². The van der Waals surface area contributed by atoms with Gasteiger partial charge in [0.15, 0.2) is 0 Å². The summed E-state index contributed by atoms with van der Waals surface area (Å²) in [4.78, 5) is 28.4. The second kappa shape index (κ2) is 5.79. The maximum absolute atomic E-state index is 11.8. The number of aliphatic carboxylic acids is 1. The highest BCUT2D eigenvalue weighted by Crippen LogP contribution is 2.21. The smallest absolute Gasteiger partial charge is 0.326 e. The quantitative estimate of drug-likeness (QED) is 0.776. The van der Waals surface area contributed by atoms with Crippen molar-refractivity contribution in [2.75, 3.05) is 13.2 Å². The highest BCUT2D eigenvalue weighted by atomic mass is 16.4. The molecule has 0 aliphatic carbocycles. The monoisotopic (exact) mass is 264 g/mol. The fourth-order valence-electron chi connectivity index (χ4n) is 2.31. The number of rotatable bonds is 5. The standard InChI is InChI=1S/C13H16N2O4/c16-8-10-6-12(17)15(7-10)11(13(18)19)5-9-1-3-14-4-2-9/h1-4,10-11,16H,5-8H2,(H,18,19). The molecule has 102 valence electrons. The Kier molecular flexibility index (Phi) is 4.11. The maximum atomic E-state index is 11.8. The first kappa shape index (κ1) is 13.5. The Labute approximate surface area is 110 Å². The third-order valence-corrected chi connectivity index (χ3v) is 3.34. The zero-order chi connectivity index (χ0) is 13.8. The molecular weight excluding hydrogens is 248 g/mol. The van der Waals surface area contributed by atoms with Crippen molar-refractivity contribution in [3.8, 4) is 0 Å². The van der Waals surface area contributed by atoms with Gasteiger partial charge in [0, 0.05) is 44.3 Å². The Balaban J connectivity index is 2.13. The predicted octanol–water partition coefficient (Wildman–Crippen LogP) is -0.0819. The number of carbonyl (C=O) groups excluding carboxylic acids is 1. The van der Waals surface area contributed by atoms with Crippen molar-refractivity contribution in [1.29, 1.82) is 0 Å². The predicted molar refractivity (Wildman–Crippen MR) is 66.3 cm³/mol. The average molecular weight is 264 g/mol. The van der Waals surface area contributed by atoms with E-state index in [1.165, 1.54) is 4.90 Å². The molecule has 0 aromatic carbocycles. The van der Waals surface area contributed by atoms with Crippen molar-refractivity contribution < 1.29 is 19.8 Å². The number of carbonyl (C=O) groups is 2. The molecule has 1 aromatic rings. The molecule has 6 heteroatoms. The van der Waals surface area contributed by atoms with Gasteiger partial charge in [-0.15, -0.1) is 0 Å². The number of aliphatic hydroxyl groups excluding tert-OH is 1. The number of carboxylic acids is 1. The highest BCUT2D eigenvalue weighted by Gasteiger charge is 2.37. The highest BCUT2D eigenvalue weighted by molar-refractivity contribution is 5.85. The lowest BCUT2D eigenvalue weighted by Crippen LogP contribution is -2.43. The van der Waals surface area contributed by atoms with Crippen LogP contribution in [-0.4, -0.2) is 51.2 Å². The summed E-state index contributed by atoms with van der Waals surface area (Å²) in [6, 6.07) is 2.59. The molecule has 2 unspecified atom stereocenters. The molecule has 2 heterocycles. The molecule has 1 aliphatic rings. The van der Waals surface area contributed by atoms with Crippen molar-refractivity contribution >= 4 is 11.9 Å². The molecular formula is C13H16N2O4. The van der Waals surface area contributed by atoms with Crippen molar-refractivity contribution in [3.05, 3.63) is 30.1 Å². The lowest BCUT2D eigenvalue weighted by molar-refractivity contribution is -0.148. The summed E-state index contributed by atoms with van der Waals surface area (Å²) in [5.41, 5.74) is 0.822. The Bertz CT molecular complexity index is 463. The van der Waals surface area contributed by atoms with Gasteiger partial charge in [0.05, 0.1) is 0 Å². The number of carboxylic acid groups (broad SMARTS) is 1. The molecule has 2 rings (SSSR count). The van der Waals surface area contributed by atoms with Crippen LogP contribution in [0.4, 0.5) is 0 Å². The second-order valence-electron chi connectivity index (χ2n) is 4.71. The zero-order valence-electron chi connectivity index (χ0n) is 10.4. The Morgan fingerprint density at radius 1 is 1.47 bits per heavy atom. The number of likely N-dealkylation sites (tertiary alicyclic amines) is 1. The van der Waals surface area contributed by atoms with Crippen LogP contribution in [0.15, 0.2) is 24.5 Å². The van der Waals surface area contributed by atoms with Gasteiger partial charge >= 0.3 is 5.97 Å². The van der Waals surface area contributed by atoms with E-state index in [1.54, 1.807) is 24.5 Å². The number of pyridine rings is 1. The van der Waals surface area contributed by atoms with Crippen LogP contribution in [0.1, 0.15) is 12.0 Å². The summed E-state index contributed by atoms with van der Waals surface area (Å²) in [5.74, 6) is -1.39. The molecule has 1 aliphatic heterocycles. The van der Waals surface area contributed by atoms with Crippen molar-refractivity contribution in [2.24, 2.45) is 5.92 Å². The molecule has 0 bridgehead atoms. The largest absolute Gasteiger partial charge is 0.480 e. The van der Waals surface area contributed by atoms with Gasteiger partial charge in [-0.25, -0.2) is 4.79 Å². The molecule has 0 spiro atoms. The van der Waals surface area contributed by atoms with Crippen LogP contribution >= 0.6 is 0 Å². The number of hydrogen-bond donors (Lipinski definition) is 2. The van der Waals surface area contributed by atoms with E-state index < -0.39 is 12.0 Å².